The van der Waals surface area contributed by atoms with Crippen molar-refractivity contribution in [2.45, 2.75) is 6.04 Å². The molecular weight excluding hydrogens is 226 g/mol. The first kappa shape index (κ1) is 9.93. The standard InChI is InChI=1S/C11H12ClN3O/c12-7-1-2-8-9(5-7)15-4-3-13-6-10(15)11(16)14-8/h1-2,5,10,13H,3-4,6H2,(H,14,16). The molecule has 16 heavy (non-hydrogen) atoms. The number of rotatable bonds is 0. The van der Waals surface area contributed by atoms with E-state index in [2.05, 4.69) is 15.5 Å². The highest BCUT2D eigenvalue weighted by Crippen LogP contribution is 2.34. The summed E-state index contributed by atoms with van der Waals surface area (Å²) in [4.78, 5) is 14.0. The summed E-state index contributed by atoms with van der Waals surface area (Å²) in [5.74, 6) is 0.0574. The van der Waals surface area contributed by atoms with Gasteiger partial charge in [-0.2, -0.15) is 0 Å². The first-order valence-electron chi connectivity index (χ1n) is 5.33. The van der Waals surface area contributed by atoms with Crippen LogP contribution in [0.5, 0.6) is 0 Å². The average Bonchev–Trinajstić information content (AvgIpc) is 2.31. The van der Waals surface area contributed by atoms with Crippen LogP contribution in [0, 0.1) is 0 Å². The van der Waals surface area contributed by atoms with E-state index in [0.29, 0.717) is 11.6 Å². The molecule has 0 spiro atoms. The molecule has 1 aromatic rings. The highest BCUT2D eigenvalue weighted by Gasteiger charge is 2.34. The van der Waals surface area contributed by atoms with Gasteiger partial charge in [0.05, 0.1) is 11.4 Å². The maximum absolute atomic E-state index is 11.9. The van der Waals surface area contributed by atoms with Gasteiger partial charge in [-0.1, -0.05) is 11.6 Å². The minimum Gasteiger partial charge on any atom is -0.355 e. The molecule has 2 aliphatic heterocycles. The Bertz CT molecular complexity index is 449. The van der Waals surface area contributed by atoms with E-state index in [-0.39, 0.29) is 11.9 Å². The minimum absolute atomic E-state index is 0.0574. The van der Waals surface area contributed by atoms with Crippen molar-refractivity contribution in [2.75, 3.05) is 29.9 Å². The number of carbonyl (C=O) groups excluding carboxylic acids is 1. The highest BCUT2D eigenvalue weighted by atomic mass is 35.5. The second kappa shape index (κ2) is 3.64. The number of fused-ring (bicyclic) bond motifs is 3. The second-order valence-corrected chi connectivity index (χ2v) is 4.50. The molecule has 1 saturated heterocycles. The van der Waals surface area contributed by atoms with Crippen molar-refractivity contribution in [2.24, 2.45) is 0 Å². The lowest BCUT2D eigenvalue weighted by atomic mass is 10.1. The number of halogens is 1. The first-order valence-corrected chi connectivity index (χ1v) is 5.71. The van der Waals surface area contributed by atoms with Gasteiger partial charge in [-0.05, 0) is 18.2 Å². The van der Waals surface area contributed by atoms with Crippen molar-refractivity contribution >= 4 is 28.9 Å². The van der Waals surface area contributed by atoms with Crippen LogP contribution in [0.15, 0.2) is 18.2 Å². The van der Waals surface area contributed by atoms with E-state index in [9.17, 15) is 4.79 Å². The van der Waals surface area contributed by atoms with Crippen molar-refractivity contribution < 1.29 is 4.79 Å². The minimum atomic E-state index is -0.111. The van der Waals surface area contributed by atoms with E-state index >= 15 is 0 Å². The fraction of sp³-hybridized carbons (Fsp3) is 0.364. The van der Waals surface area contributed by atoms with E-state index in [1.807, 2.05) is 12.1 Å². The molecule has 0 aromatic heterocycles. The van der Waals surface area contributed by atoms with Gasteiger partial charge in [-0.3, -0.25) is 4.79 Å². The molecule has 2 heterocycles. The van der Waals surface area contributed by atoms with Gasteiger partial charge >= 0.3 is 0 Å². The molecule has 1 unspecified atom stereocenters. The van der Waals surface area contributed by atoms with Crippen LogP contribution in [0.1, 0.15) is 0 Å². The van der Waals surface area contributed by atoms with Gasteiger partial charge in [0, 0.05) is 24.7 Å². The van der Waals surface area contributed by atoms with Crippen LogP contribution >= 0.6 is 11.6 Å². The Morgan fingerprint density at radius 2 is 2.31 bits per heavy atom. The summed E-state index contributed by atoms with van der Waals surface area (Å²) in [6.45, 7) is 2.43. The predicted molar refractivity (Wildman–Crippen MR) is 64.1 cm³/mol. The Kier molecular flexibility index (Phi) is 2.26. The molecule has 3 rings (SSSR count). The number of carbonyl (C=O) groups is 1. The fourth-order valence-corrected chi connectivity index (χ4v) is 2.46. The number of nitrogens with one attached hydrogen (secondary N) is 2. The zero-order valence-electron chi connectivity index (χ0n) is 8.66. The molecule has 0 aliphatic carbocycles. The van der Waals surface area contributed by atoms with Gasteiger partial charge < -0.3 is 15.5 Å². The number of anilines is 2. The fourth-order valence-electron chi connectivity index (χ4n) is 2.29. The van der Waals surface area contributed by atoms with Crippen LogP contribution in [0.25, 0.3) is 0 Å². The number of piperazine rings is 1. The second-order valence-electron chi connectivity index (χ2n) is 4.06. The zero-order chi connectivity index (χ0) is 11.1. The molecule has 5 heteroatoms. The lowest BCUT2D eigenvalue weighted by molar-refractivity contribution is -0.117. The summed E-state index contributed by atoms with van der Waals surface area (Å²) >= 11 is 5.99. The molecule has 2 N–H and O–H groups in total. The number of hydrogen-bond donors (Lipinski definition) is 2. The Labute approximate surface area is 98.6 Å². The van der Waals surface area contributed by atoms with Crippen LogP contribution in [-0.4, -0.2) is 31.6 Å². The van der Waals surface area contributed by atoms with Crippen LogP contribution in [0.3, 0.4) is 0 Å². The molecule has 1 aromatic carbocycles. The van der Waals surface area contributed by atoms with Gasteiger partial charge in [0.15, 0.2) is 0 Å². The summed E-state index contributed by atoms with van der Waals surface area (Å²) < 4.78 is 0. The van der Waals surface area contributed by atoms with Gasteiger partial charge in [0.2, 0.25) is 5.91 Å². The van der Waals surface area contributed by atoms with E-state index in [0.717, 1.165) is 24.5 Å². The summed E-state index contributed by atoms with van der Waals surface area (Å²) in [5, 5.41) is 6.83. The van der Waals surface area contributed by atoms with Crippen molar-refractivity contribution in [3.8, 4) is 0 Å². The van der Waals surface area contributed by atoms with E-state index in [1.54, 1.807) is 6.07 Å². The molecule has 2 aliphatic rings. The number of hydrogen-bond acceptors (Lipinski definition) is 3. The smallest absolute Gasteiger partial charge is 0.248 e. The SMILES string of the molecule is O=C1Nc2ccc(Cl)cc2N2CCNCC12. The van der Waals surface area contributed by atoms with E-state index in [1.165, 1.54) is 0 Å². The highest BCUT2D eigenvalue weighted by molar-refractivity contribution is 6.31. The van der Waals surface area contributed by atoms with Crippen LogP contribution in [-0.2, 0) is 4.79 Å². The molecule has 1 fully saturated rings. The summed E-state index contributed by atoms with van der Waals surface area (Å²) in [6.07, 6.45) is 0. The topological polar surface area (TPSA) is 44.4 Å². The quantitative estimate of drug-likeness (QED) is 0.710. The Morgan fingerprint density at radius 1 is 1.44 bits per heavy atom. The lowest BCUT2D eigenvalue weighted by Crippen LogP contribution is -2.58. The van der Waals surface area contributed by atoms with Crippen molar-refractivity contribution in [1.29, 1.82) is 0 Å². The molecule has 0 radical (unpaired) electrons. The molecule has 0 bridgehead atoms. The van der Waals surface area contributed by atoms with Crippen molar-refractivity contribution in [3.63, 3.8) is 0 Å². The van der Waals surface area contributed by atoms with E-state index in [4.69, 9.17) is 11.6 Å². The van der Waals surface area contributed by atoms with Gasteiger partial charge in [-0.25, -0.2) is 0 Å². The van der Waals surface area contributed by atoms with E-state index < -0.39 is 0 Å². The molecule has 1 amide bonds. The van der Waals surface area contributed by atoms with Gasteiger partial charge in [0.1, 0.15) is 6.04 Å². The van der Waals surface area contributed by atoms with Crippen molar-refractivity contribution in [3.05, 3.63) is 23.2 Å². The van der Waals surface area contributed by atoms with Gasteiger partial charge in [-0.15, -0.1) is 0 Å². The Hall–Kier alpha value is -1.26. The normalized spacial score (nSPS) is 23.4. The maximum atomic E-state index is 11.9. The van der Waals surface area contributed by atoms with Crippen molar-refractivity contribution in [1.82, 2.24) is 5.32 Å². The summed E-state index contributed by atoms with van der Waals surface area (Å²) in [6, 6.07) is 5.45. The molecule has 84 valence electrons. The predicted octanol–water partition coefficient (Wildman–Crippen LogP) is 1.07. The molecule has 0 saturated carbocycles. The third-order valence-electron chi connectivity index (χ3n) is 3.07. The number of benzene rings is 1. The van der Waals surface area contributed by atoms with Gasteiger partial charge in [0.25, 0.3) is 0 Å². The molecule has 1 atom stereocenters. The number of nitrogens with zero attached hydrogens (tertiary/aromatic N) is 1. The Morgan fingerprint density at radius 3 is 3.19 bits per heavy atom. The maximum Gasteiger partial charge on any atom is 0.248 e. The molecule has 4 nitrogen and oxygen atoms in total. The monoisotopic (exact) mass is 237 g/mol. The third kappa shape index (κ3) is 1.45. The largest absolute Gasteiger partial charge is 0.355 e. The first-order chi connectivity index (χ1) is 7.75. The van der Waals surface area contributed by atoms with Crippen LogP contribution in [0.4, 0.5) is 11.4 Å². The van der Waals surface area contributed by atoms with Crippen LogP contribution < -0.4 is 15.5 Å². The Balaban J connectivity index is 2.07. The summed E-state index contributed by atoms with van der Waals surface area (Å²) in [7, 11) is 0. The number of amides is 1. The van der Waals surface area contributed by atoms with Crippen LogP contribution in [0.2, 0.25) is 5.02 Å². The zero-order valence-corrected chi connectivity index (χ0v) is 9.42. The summed E-state index contributed by atoms with van der Waals surface area (Å²) in [5.41, 5.74) is 1.88. The molecular formula is C11H12ClN3O. The average molecular weight is 238 g/mol. The third-order valence-corrected chi connectivity index (χ3v) is 3.31. The lowest BCUT2D eigenvalue weighted by Gasteiger charge is -2.41.